The van der Waals surface area contributed by atoms with E-state index in [2.05, 4.69) is 31.4 Å². The second-order valence-electron chi connectivity index (χ2n) is 4.65. The predicted molar refractivity (Wildman–Crippen MR) is 64.4 cm³/mol. The number of hydrogen-bond donors (Lipinski definition) is 3. The van der Waals surface area contributed by atoms with Gasteiger partial charge in [-0.05, 0) is 32.9 Å². The second-order valence-corrected chi connectivity index (χ2v) is 4.65. The van der Waals surface area contributed by atoms with Crippen molar-refractivity contribution in [2.24, 2.45) is 0 Å². The molecule has 84 valence electrons. The molecule has 0 bridgehead atoms. The quantitative estimate of drug-likeness (QED) is 0.665. The van der Waals surface area contributed by atoms with Crippen LogP contribution in [0.2, 0.25) is 0 Å². The third-order valence-electron chi connectivity index (χ3n) is 1.96. The van der Waals surface area contributed by atoms with E-state index in [1.54, 1.807) is 12.1 Å². The summed E-state index contributed by atoms with van der Waals surface area (Å²) in [4.78, 5) is 0. The maximum absolute atomic E-state index is 9.24. The fraction of sp³-hybridized carbons (Fsp3) is 0.500. The van der Waals surface area contributed by atoms with E-state index in [1.165, 1.54) is 0 Å². The molecule has 0 fully saturated rings. The van der Waals surface area contributed by atoms with Gasteiger partial charge in [0.2, 0.25) is 0 Å². The fourth-order valence-corrected chi connectivity index (χ4v) is 1.26. The molecule has 0 saturated heterocycles. The first-order valence-corrected chi connectivity index (χ1v) is 5.25. The Morgan fingerprint density at radius 1 is 1.20 bits per heavy atom. The molecule has 0 spiro atoms. The summed E-state index contributed by atoms with van der Waals surface area (Å²) in [6.45, 7) is 8.17. The second kappa shape index (κ2) is 5.03. The van der Waals surface area contributed by atoms with E-state index in [0.29, 0.717) is 5.75 Å². The Hall–Kier alpha value is -1.22. The first-order chi connectivity index (χ1) is 6.97. The molecule has 3 nitrogen and oxygen atoms in total. The number of aromatic hydroxyl groups is 1. The standard InChI is InChI=1S/C12H20N2O/c1-12(2,3)14-8-7-13-10-5-4-6-11(15)9-10/h4-6,9,13-15H,7-8H2,1-3H3. The number of anilines is 1. The molecule has 0 heterocycles. The molecule has 1 aromatic rings. The van der Waals surface area contributed by atoms with Gasteiger partial charge in [0.15, 0.2) is 0 Å². The normalized spacial score (nSPS) is 11.4. The van der Waals surface area contributed by atoms with Crippen LogP contribution in [0.4, 0.5) is 5.69 Å². The van der Waals surface area contributed by atoms with Gasteiger partial charge in [0.1, 0.15) is 5.75 Å². The first-order valence-electron chi connectivity index (χ1n) is 5.25. The molecule has 3 N–H and O–H groups in total. The zero-order valence-electron chi connectivity index (χ0n) is 9.67. The Balaban J connectivity index is 2.26. The Labute approximate surface area is 91.5 Å². The van der Waals surface area contributed by atoms with Crippen molar-refractivity contribution < 1.29 is 5.11 Å². The molecule has 0 radical (unpaired) electrons. The third kappa shape index (κ3) is 5.27. The maximum atomic E-state index is 9.24. The average Bonchev–Trinajstić information content (AvgIpc) is 2.11. The number of rotatable bonds is 4. The van der Waals surface area contributed by atoms with Crippen LogP contribution in [0.5, 0.6) is 5.75 Å². The minimum Gasteiger partial charge on any atom is -0.508 e. The van der Waals surface area contributed by atoms with Crippen molar-refractivity contribution in [2.75, 3.05) is 18.4 Å². The predicted octanol–water partition coefficient (Wildman–Crippen LogP) is 2.19. The van der Waals surface area contributed by atoms with Crippen molar-refractivity contribution in [3.05, 3.63) is 24.3 Å². The highest BCUT2D eigenvalue weighted by Crippen LogP contribution is 2.14. The SMILES string of the molecule is CC(C)(C)NCCNc1cccc(O)c1. The van der Waals surface area contributed by atoms with Gasteiger partial charge in [0.05, 0.1) is 0 Å². The molecule has 15 heavy (non-hydrogen) atoms. The van der Waals surface area contributed by atoms with E-state index in [-0.39, 0.29) is 5.54 Å². The summed E-state index contributed by atoms with van der Waals surface area (Å²) in [6, 6.07) is 7.15. The van der Waals surface area contributed by atoms with Gasteiger partial charge in [0, 0.05) is 30.4 Å². The van der Waals surface area contributed by atoms with E-state index < -0.39 is 0 Å². The highest BCUT2D eigenvalue weighted by Gasteiger charge is 2.06. The Kier molecular flexibility index (Phi) is 3.97. The number of phenolic OH excluding ortho intramolecular Hbond substituents is 1. The summed E-state index contributed by atoms with van der Waals surface area (Å²) in [5, 5.41) is 15.9. The molecule has 0 atom stereocenters. The summed E-state index contributed by atoms with van der Waals surface area (Å²) in [7, 11) is 0. The molecule has 1 rings (SSSR count). The number of nitrogens with one attached hydrogen (secondary N) is 2. The summed E-state index contributed by atoms with van der Waals surface area (Å²) in [5.74, 6) is 0.295. The average molecular weight is 208 g/mol. The van der Waals surface area contributed by atoms with Gasteiger partial charge in [-0.1, -0.05) is 6.07 Å². The minimum absolute atomic E-state index is 0.153. The topological polar surface area (TPSA) is 44.3 Å². The van der Waals surface area contributed by atoms with E-state index in [4.69, 9.17) is 0 Å². The minimum atomic E-state index is 0.153. The highest BCUT2D eigenvalue weighted by molar-refractivity contribution is 5.47. The fourth-order valence-electron chi connectivity index (χ4n) is 1.26. The first kappa shape index (κ1) is 11.9. The Morgan fingerprint density at radius 3 is 2.53 bits per heavy atom. The molecule has 0 aromatic heterocycles. The molecular weight excluding hydrogens is 188 g/mol. The van der Waals surface area contributed by atoms with Crippen LogP contribution in [0.1, 0.15) is 20.8 Å². The van der Waals surface area contributed by atoms with Gasteiger partial charge < -0.3 is 15.7 Å². The molecule has 0 aliphatic rings. The third-order valence-corrected chi connectivity index (χ3v) is 1.96. The van der Waals surface area contributed by atoms with E-state index in [9.17, 15) is 5.11 Å². The van der Waals surface area contributed by atoms with E-state index >= 15 is 0 Å². The molecule has 1 aromatic carbocycles. The zero-order valence-corrected chi connectivity index (χ0v) is 9.67. The summed E-state index contributed by atoms with van der Waals surface area (Å²) < 4.78 is 0. The van der Waals surface area contributed by atoms with Gasteiger partial charge in [-0.2, -0.15) is 0 Å². The summed E-state index contributed by atoms with van der Waals surface area (Å²) in [5.41, 5.74) is 1.10. The van der Waals surface area contributed by atoms with Gasteiger partial charge in [0.25, 0.3) is 0 Å². The van der Waals surface area contributed by atoms with E-state index in [1.807, 2.05) is 12.1 Å². The molecule has 0 saturated carbocycles. The monoisotopic (exact) mass is 208 g/mol. The Bertz CT molecular complexity index is 305. The van der Waals surface area contributed by atoms with Crippen LogP contribution in [0.15, 0.2) is 24.3 Å². The van der Waals surface area contributed by atoms with Crippen molar-refractivity contribution in [3.8, 4) is 5.75 Å². The van der Waals surface area contributed by atoms with Crippen molar-refractivity contribution in [3.63, 3.8) is 0 Å². The molecule has 3 heteroatoms. The van der Waals surface area contributed by atoms with Crippen LogP contribution in [0, 0.1) is 0 Å². The summed E-state index contributed by atoms with van der Waals surface area (Å²) in [6.07, 6.45) is 0. The van der Waals surface area contributed by atoms with Gasteiger partial charge in [-0.3, -0.25) is 0 Å². The van der Waals surface area contributed by atoms with Crippen molar-refractivity contribution in [2.45, 2.75) is 26.3 Å². The molecule has 0 aliphatic heterocycles. The highest BCUT2D eigenvalue weighted by atomic mass is 16.3. The Morgan fingerprint density at radius 2 is 1.93 bits per heavy atom. The lowest BCUT2D eigenvalue weighted by Crippen LogP contribution is -2.38. The van der Waals surface area contributed by atoms with Crippen LogP contribution >= 0.6 is 0 Å². The van der Waals surface area contributed by atoms with Crippen LogP contribution < -0.4 is 10.6 Å². The van der Waals surface area contributed by atoms with Crippen molar-refractivity contribution >= 4 is 5.69 Å². The van der Waals surface area contributed by atoms with E-state index in [0.717, 1.165) is 18.8 Å². The molecular formula is C12H20N2O. The van der Waals surface area contributed by atoms with Crippen molar-refractivity contribution in [1.82, 2.24) is 5.32 Å². The lowest BCUT2D eigenvalue weighted by Gasteiger charge is -2.20. The lowest BCUT2D eigenvalue weighted by atomic mass is 10.1. The zero-order chi connectivity index (χ0) is 11.3. The molecule has 0 unspecified atom stereocenters. The van der Waals surface area contributed by atoms with Crippen LogP contribution in [0.3, 0.4) is 0 Å². The van der Waals surface area contributed by atoms with Gasteiger partial charge in [-0.25, -0.2) is 0 Å². The largest absolute Gasteiger partial charge is 0.508 e. The van der Waals surface area contributed by atoms with Crippen LogP contribution in [-0.2, 0) is 0 Å². The van der Waals surface area contributed by atoms with Crippen LogP contribution in [0.25, 0.3) is 0 Å². The van der Waals surface area contributed by atoms with Crippen molar-refractivity contribution in [1.29, 1.82) is 0 Å². The lowest BCUT2D eigenvalue weighted by molar-refractivity contribution is 0.435. The number of benzene rings is 1. The maximum Gasteiger partial charge on any atom is 0.117 e. The summed E-state index contributed by atoms with van der Waals surface area (Å²) >= 11 is 0. The number of hydrogen-bond acceptors (Lipinski definition) is 3. The van der Waals surface area contributed by atoms with Gasteiger partial charge >= 0.3 is 0 Å². The molecule has 0 aliphatic carbocycles. The molecule has 0 amide bonds. The smallest absolute Gasteiger partial charge is 0.117 e. The van der Waals surface area contributed by atoms with Gasteiger partial charge in [-0.15, -0.1) is 0 Å². The number of phenols is 1. The van der Waals surface area contributed by atoms with Crippen LogP contribution in [-0.4, -0.2) is 23.7 Å².